The molecule has 2 N–H and O–H groups in total. The normalized spacial score (nSPS) is 12.2. The lowest BCUT2D eigenvalue weighted by Crippen LogP contribution is -2.27. The van der Waals surface area contributed by atoms with Crippen LogP contribution in [0.5, 0.6) is 5.75 Å². The van der Waals surface area contributed by atoms with Crippen LogP contribution in [0.4, 0.5) is 5.69 Å². The number of anilines is 1. The fourth-order valence-corrected chi connectivity index (χ4v) is 4.93. The lowest BCUT2D eigenvalue weighted by Gasteiger charge is -2.15. The Hall–Kier alpha value is -2.52. The molecule has 0 spiro atoms. The van der Waals surface area contributed by atoms with Gasteiger partial charge in [-0.25, -0.2) is 13.1 Å². The number of ether oxygens (including phenoxy) is 1. The number of carbonyl (C=O) groups is 1. The van der Waals surface area contributed by atoms with Crippen LogP contribution in [0.25, 0.3) is 0 Å². The second kappa shape index (κ2) is 10.9. The molecule has 1 atom stereocenters. The van der Waals surface area contributed by atoms with Crippen molar-refractivity contribution in [3.8, 4) is 5.75 Å². The Bertz CT molecular complexity index is 1190. The molecule has 0 saturated heterocycles. The van der Waals surface area contributed by atoms with Gasteiger partial charge in [0.05, 0.1) is 9.92 Å². The Labute approximate surface area is 197 Å². The standard InChI is InChI=1S/C23H23ClN2O4S2/c1-16(17-7-4-3-5-8-17)26-32(28,29)20-11-12-22(21(24)14-20)30-15-23(27)25-18-9-6-10-19(13-18)31-2/h3-14,16,26H,15H2,1-2H3,(H,25,27). The highest BCUT2D eigenvalue weighted by molar-refractivity contribution is 7.98. The van der Waals surface area contributed by atoms with Crippen molar-refractivity contribution in [1.29, 1.82) is 0 Å². The van der Waals surface area contributed by atoms with Crippen LogP contribution in [0.3, 0.4) is 0 Å². The molecular weight excluding hydrogens is 468 g/mol. The largest absolute Gasteiger partial charge is 0.482 e. The van der Waals surface area contributed by atoms with Crippen molar-refractivity contribution in [2.75, 3.05) is 18.2 Å². The number of nitrogens with one attached hydrogen (secondary N) is 2. The first-order valence-corrected chi connectivity index (χ1v) is 12.8. The molecule has 0 aliphatic carbocycles. The minimum Gasteiger partial charge on any atom is -0.482 e. The molecular formula is C23H23ClN2O4S2. The summed E-state index contributed by atoms with van der Waals surface area (Å²) in [5, 5.41) is 2.85. The van der Waals surface area contributed by atoms with Gasteiger partial charge in [0.1, 0.15) is 5.75 Å². The molecule has 9 heteroatoms. The number of benzene rings is 3. The molecule has 3 rings (SSSR count). The number of carbonyl (C=O) groups excluding carboxylic acids is 1. The molecule has 0 heterocycles. The Kier molecular flexibility index (Phi) is 8.20. The minimum absolute atomic E-state index is 0.0102. The molecule has 1 unspecified atom stereocenters. The number of thioether (sulfide) groups is 1. The maximum absolute atomic E-state index is 12.7. The van der Waals surface area contributed by atoms with Crippen LogP contribution in [0.15, 0.2) is 82.6 Å². The van der Waals surface area contributed by atoms with E-state index in [0.29, 0.717) is 5.69 Å². The van der Waals surface area contributed by atoms with Crippen molar-refractivity contribution in [2.45, 2.75) is 22.8 Å². The van der Waals surface area contributed by atoms with Gasteiger partial charge in [0.15, 0.2) is 6.61 Å². The number of hydrogen-bond acceptors (Lipinski definition) is 5. The smallest absolute Gasteiger partial charge is 0.262 e. The van der Waals surface area contributed by atoms with Crippen molar-refractivity contribution >= 4 is 45.0 Å². The van der Waals surface area contributed by atoms with Gasteiger partial charge in [0, 0.05) is 16.6 Å². The van der Waals surface area contributed by atoms with Crippen molar-refractivity contribution < 1.29 is 17.9 Å². The van der Waals surface area contributed by atoms with E-state index in [4.69, 9.17) is 16.3 Å². The van der Waals surface area contributed by atoms with E-state index in [1.807, 2.05) is 54.8 Å². The molecule has 0 bridgehead atoms. The van der Waals surface area contributed by atoms with Gasteiger partial charge in [0.25, 0.3) is 5.91 Å². The molecule has 0 radical (unpaired) electrons. The van der Waals surface area contributed by atoms with Gasteiger partial charge in [-0.15, -0.1) is 11.8 Å². The maximum atomic E-state index is 12.7. The lowest BCUT2D eigenvalue weighted by atomic mass is 10.1. The van der Waals surface area contributed by atoms with Crippen LogP contribution in [0.1, 0.15) is 18.5 Å². The highest BCUT2D eigenvalue weighted by atomic mass is 35.5. The maximum Gasteiger partial charge on any atom is 0.262 e. The van der Waals surface area contributed by atoms with Crippen LogP contribution in [0, 0.1) is 0 Å². The third-order valence-electron chi connectivity index (χ3n) is 4.56. The van der Waals surface area contributed by atoms with E-state index < -0.39 is 16.1 Å². The summed E-state index contributed by atoms with van der Waals surface area (Å²) < 4.78 is 33.6. The van der Waals surface area contributed by atoms with Gasteiger partial charge in [-0.2, -0.15) is 0 Å². The molecule has 3 aromatic rings. The number of amides is 1. The topological polar surface area (TPSA) is 84.5 Å². The highest BCUT2D eigenvalue weighted by Gasteiger charge is 2.20. The summed E-state index contributed by atoms with van der Waals surface area (Å²) >= 11 is 7.79. The zero-order chi connectivity index (χ0) is 23.1. The van der Waals surface area contributed by atoms with Gasteiger partial charge in [-0.05, 0) is 55.1 Å². The average Bonchev–Trinajstić information content (AvgIpc) is 2.78. The van der Waals surface area contributed by atoms with E-state index in [2.05, 4.69) is 10.0 Å². The minimum atomic E-state index is -3.80. The summed E-state index contributed by atoms with van der Waals surface area (Å²) in [5.41, 5.74) is 1.51. The van der Waals surface area contributed by atoms with Crippen LogP contribution in [-0.4, -0.2) is 27.2 Å². The number of hydrogen-bond donors (Lipinski definition) is 2. The fourth-order valence-electron chi connectivity index (χ4n) is 2.92. The molecule has 0 aliphatic heterocycles. The summed E-state index contributed by atoms with van der Waals surface area (Å²) in [6.45, 7) is 1.50. The van der Waals surface area contributed by atoms with Crippen molar-refractivity contribution in [3.05, 3.63) is 83.4 Å². The molecule has 0 aliphatic rings. The molecule has 6 nitrogen and oxygen atoms in total. The average molecular weight is 491 g/mol. The van der Waals surface area contributed by atoms with E-state index in [9.17, 15) is 13.2 Å². The van der Waals surface area contributed by atoms with Gasteiger partial charge < -0.3 is 10.1 Å². The summed E-state index contributed by atoms with van der Waals surface area (Å²) in [7, 11) is -3.80. The summed E-state index contributed by atoms with van der Waals surface area (Å²) in [6.07, 6.45) is 1.95. The van der Waals surface area contributed by atoms with Crippen LogP contribution in [0.2, 0.25) is 5.02 Å². The summed E-state index contributed by atoms with van der Waals surface area (Å²) in [4.78, 5) is 13.2. The Morgan fingerprint density at radius 2 is 1.81 bits per heavy atom. The van der Waals surface area contributed by atoms with Crippen molar-refractivity contribution in [1.82, 2.24) is 4.72 Å². The number of rotatable bonds is 9. The number of halogens is 1. The van der Waals surface area contributed by atoms with E-state index in [1.54, 1.807) is 24.8 Å². The van der Waals surface area contributed by atoms with Crippen LogP contribution < -0.4 is 14.8 Å². The third kappa shape index (κ3) is 6.49. The van der Waals surface area contributed by atoms with Gasteiger partial charge in [-0.1, -0.05) is 48.0 Å². The first-order valence-electron chi connectivity index (χ1n) is 9.72. The molecule has 0 saturated carbocycles. The first kappa shape index (κ1) is 24.1. The van der Waals surface area contributed by atoms with Crippen LogP contribution in [-0.2, 0) is 14.8 Å². The Balaban J connectivity index is 1.62. The zero-order valence-electron chi connectivity index (χ0n) is 17.5. The zero-order valence-corrected chi connectivity index (χ0v) is 19.9. The van der Waals surface area contributed by atoms with E-state index in [0.717, 1.165) is 10.5 Å². The third-order valence-corrected chi connectivity index (χ3v) is 7.12. The second-order valence-electron chi connectivity index (χ2n) is 6.91. The predicted octanol–water partition coefficient (Wildman–Crippen LogP) is 5.12. The van der Waals surface area contributed by atoms with Crippen LogP contribution >= 0.6 is 23.4 Å². The fraction of sp³-hybridized carbons (Fsp3) is 0.174. The molecule has 0 aromatic heterocycles. The van der Waals surface area contributed by atoms with Crippen molar-refractivity contribution in [3.63, 3.8) is 0 Å². The Morgan fingerprint density at radius 1 is 1.06 bits per heavy atom. The summed E-state index contributed by atoms with van der Waals surface area (Å²) in [5.74, 6) is -0.135. The van der Waals surface area contributed by atoms with Gasteiger partial charge in [0.2, 0.25) is 10.0 Å². The predicted molar refractivity (Wildman–Crippen MR) is 129 cm³/mol. The SMILES string of the molecule is CSc1cccc(NC(=O)COc2ccc(S(=O)(=O)NC(C)c3ccccc3)cc2Cl)c1. The Morgan fingerprint density at radius 3 is 2.50 bits per heavy atom. The quantitative estimate of drug-likeness (QED) is 0.407. The molecule has 0 fully saturated rings. The molecule has 1 amide bonds. The van der Waals surface area contributed by atoms with E-state index in [1.165, 1.54) is 18.2 Å². The first-order chi connectivity index (χ1) is 15.3. The molecule has 3 aromatic carbocycles. The second-order valence-corrected chi connectivity index (χ2v) is 9.92. The lowest BCUT2D eigenvalue weighted by molar-refractivity contribution is -0.118. The van der Waals surface area contributed by atoms with Gasteiger partial charge >= 0.3 is 0 Å². The van der Waals surface area contributed by atoms with Gasteiger partial charge in [-0.3, -0.25) is 4.79 Å². The summed E-state index contributed by atoms with van der Waals surface area (Å²) in [6, 6.07) is 20.4. The monoisotopic (exact) mass is 490 g/mol. The van der Waals surface area contributed by atoms with Crippen molar-refractivity contribution in [2.24, 2.45) is 0 Å². The molecule has 32 heavy (non-hydrogen) atoms. The van der Waals surface area contributed by atoms with E-state index in [-0.39, 0.29) is 28.2 Å². The highest BCUT2D eigenvalue weighted by Crippen LogP contribution is 2.28. The van der Waals surface area contributed by atoms with E-state index >= 15 is 0 Å². The molecule has 168 valence electrons. The number of sulfonamides is 1.